The highest BCUT2D eigenvalue weighted by atomic mass is 32.2. The number of aliphatic hydroxyl groups is 1. The second-order valence-electron chi connectivity index (χ2n) is 7.71. The lowest BCUT2D eigenvalue weighted by Crippen LogP contribution is -2.28. The van der Waals surface area contributed by atoms with Gasteiger partial charge in [0.1, 0.15) is 5.75 Å². The first-order valence-electron chi connectivity index (χ1n) is 10.3. The lowest BCUT2D eigenvalue weighted by molar-refractivity contribution is -0.118. The smallest absolute Gasteiger partial charge is 0.262 e. The predicted octanol–water partition coefficient (Wildman–Crippen LogP) is 2.86. The summed E-state index contributed by atoms with van der Waals surface area (Å²) >= 11 is 0. The van der Waals surface area contributed by atoms with Crippen LogP contribution in [0.5, 0.6) is 5.75 Å². The zero-order valence-corrected chi connectivity index (χ0v) is 17.5. The molecule has 1 aliphatic carbocycles. The maximum atomic E-state index is 12.7. The molecule has 7 nitrogen and oxygen atoms in total. The second-order valence-corrected chi connectivity index (χ2v) is 9.65. The Bertz CT molecular complexity index is 1030. The molecule has 0 unspecified atom stereocenters. The monoisotopic (exact) mass is 430 g/mol. The van der Waals surface area contributed by atoms with E-state index < -0.39 is 16.1 Å². The van der Waals surface area contributed by atoms with E-state index in [2.05, 4.69) is 5.32 Å². The fourth-order valence-electron chi connectivity index (χ4n) is 4.08. The number of ether oxygens (including phenoxy) is 1. The molecule has 1 fully saturated rings. The van der Waals surface area contributed by atoms with E-state index in [1.807, 2.05) is 12.1 Å². The van der Waals surface area contributed by atoms with Gasteiger partial charge in [0.15, 0.2) is 6.61 Å². The van der Waals surface area contributed by atoms with Gasteiger partial charge in [-0.05, 0) is 67.5 Å². The number of anilines is 1. The minimum Gasteiger partial charge on any atom is -0.483 e. The Morgan fingerprint density at radius 3 is 2.70 bits per heavy atom. The summed E-state index contributed by atoms with van der Waals surface area (Å²) in [6, 6.07) is 11.8. The van der Waals surface area contributed by atoms with E-state index in [1.165, 1.54) is 10.4 Å². The molecule has 2 aromatic carbocycles. The summed E-state index contributed by atoms with van der Waals surface area (Å²) in [4.78, 5) is 12.6. The van der Waals surface area contributed by atoms with Crippen LogP contribution >= 0.6 is 0 Å². The molecule has 160 valence electrons. The van der Waals surface area contributed by atoms with Crippen LogP contribution in [0.25, 0.3) is 0 Å². The minimum atomic E-state index is -3.54. The number of rotatable bonds is 6. The summed E-state index contributed by atoms with van der Waals surface area (Å²) in [7, 11) is -3.54. The van der Waals surface area contributed by atoms with Crippen molar-refractivity contribution in [3.05, 3.63) is 53.6 Å². The second kappa shape index (κ2) is 8.75. The number of aliphatic hydroxyl groups excluding tert-OH is 1. The van der Waals surface area contributed by atoms with E-state index in [1.54, 1.807) is 24.3 Å². The summed E-state index contributed by atoms with van der Waals surface area (Å²) < 4.78 is 32.6. The van der Waals surface area contributed by atoms with Crippen LogP contribution in [-0.4, -0.2) is 43.4 Å². The molecule has 1 atom stereocenters. The Labute approximate surface area is 176 Å². The number of nitrogens with zero attached hydrogens (tertiary/aromatic N) is 1. The van der Waals surface area contributed by atoms with Gasteiger partial charge in [-0.25, -0.2) is 8.42 Å². The lowest BCUT2D eigenvalue weighted by atomic mass is 9.89. The Morgan fingerprint density at radius 1 is 1.13 bits per heavy atom. The number of carbonyl (C=O) groups is 1. The normalized spacial score (nSPS) is 19.3. The predicted molar refractivity (Wildman–Crippen MR) is 113 cm³/mol. The van der Waals surface area contributed by atoms with Gasteiger partial charge in [0.2, 0.25) is 10.0 Å². The summed E-state index contributed by atoms with van der Waals surface area (Å²) in [6.07, 6.45) is 3.65. The van der Waals surface area contributed by atoms with Crippen molar-refractivity contribution in [1.29, 1.82) is 0 Å². The van der Waals surface area contributed by atoms with Crippen LogP contribution in [0, 0.1) is 0 Å². The third-order valence-electron chi connectivity index (χ3n) is 5.61. The molecular weight excluding hydrogens is 404 g/mol. The van der Waals surface area contributed by atoms with Crippen molar-refractivity contribution in [1.82, 2.24) is 4.31 Å². The molecule has 0 spiro atoms. The molecule has 4 rings (SSSR count). The number of sulfonamides is 1. The summed E-state index contributed by atoms with van der Waals surface area (Å²) in [5.74, 6) is 0.228. The molecule has 0 aromatic heterocycles. The Morgan fingerprint density at radius 2 is 1.90 bits per heavy atom. The fourth-order valence-corrected chi connectivity index (χ4v) is 5.64. The zero-order chi connectivity index (χ0) is 21.1. The standard InChI is InChI=1S/C22H26N2O5S/c25-20-10-4-9-19-18(20)8-5-11-21(19)29-15-22(26)23-16-6-3-7-17(14-16)30(27,28)24-12-1-2-13-24/h3,5-8,11,14,20,25H,1-2,4,9-10,12-13,15H2,(H,23,26)/t20-/m0/s1. The van der Waals surface area contributed by atoms with Gasteiger partial charge in [0.05, 0.1) is 11.0 Å². The maximum absolute atomic E-state index is 12.7. The van der Waals surface area contributed by atoms with Gasteiger partial charge in [-0.1, -0.05) is 18.2 Å². The van der Waals surface area contributed by atoms with Gasteiger partial charge < -0.3 is 15.2 Å². The Hall–Kier alpha value is -2.42. The van der Waals surface area contributed by atoms with Crippen molar-refractivity contribution in [3.8, 4) is 5.75 Å². The SMILES string of the molecule is O=C(COc1cccc2c1CCC[C@@H]2O)Nc1cccc(S(=O)(=O)N2CCCC2)c1. The minimum absolute atomic E-state index is 0.175. The first-order chi connectivity index (χ1) is 14.4. The third-order valence-corrected chi connectivity index (χ3v) is 7.51. The Kier molecular flexibility index (Phi) is 6.08. The van der Waals surface area contributed by atoms with Crippen LogP contribution in [0.3, 0.4) is 0 Å². The first kappa shape index (κ1) is 20.8. The Balaban J connectivity index is 1.41. The molecule has 1 amide bonds. The van der Waals surface area contributed by atoms with Crippen LogP contribution in [0.2, 0.25) is 0 Å². The molecule has 2 aromatic rings. The van der Waals surface area contributed by atoms with Gasteiger partial charge in [-0.2, -0.15) is 4.31 Å². The van der Waals surface area contributed by atoms with Crippen molar-refractivity contribution in [3.63, 3.8) is 0 Å². The average molecular weight is 431 g/mol. The van der Waals surface area contributed by atoms with Gasteiger partial charge in [0.25, 0.3) is 5.91 Å². The summed E-state index contributed by atoms with van der Waals surface area (Å²) in [6.45, 7) is 0.862. The molecule has 0 saturated carbocycles. The molecule has 2 aliphatic rings. The number of fused-ring (bicyclic) bond motifs is 1. The number of amides is 1. The van der Waals surface area contributed by atoms with Gasteiger partial charge >= 0.3 is 0 Å². The number of benzene rings is 2. The molecule has 1 saturated heterocycles. The van der Waals surface area contributed by atoms with Gasteiger partial charge in [-0.15, -0.1) is 0 Å². The van der Waals surface area contributed by atoms with Crippen molar-refractivity contribution >= 4 is 21.6 Å². The van der Waals surface area contributed by atoms with Crippen molar-refractivity contribution in [2.45, 2.75) is 43.1 Å². The topological polar surface area (TPSA) is 95.9 Å². The molecular formula is C22H26N2O5S. The van der Waals surface area contributed by atoms with E-state index in [4.69, 9.17) is 4.74 Å². The highest BCUT2D eigenvalue weighted by Gasteiger charge is 2.27. The van der Waals surface area contributed by atoms with Crippen LogP contribution in [-0.2, 0) is 21.2 Å². The van der Waals surface area contributed by atoms with Crippen molar-refractivity contribution < 1.29 is 23.1 Å². The summed E-state index contributed by atoms with van der Waals surface area (Å²) in [5.41, 5.74) is 2.22. The van der Waals surface area contributed by atoms with Gasteiger partial charge in [-0.3, -0.25) is 4.79 Å². The quantitative estimate of drug-likeness (QED) is 0.735. The maximum Gasteiger partial charge on any atom is 0.262 e. The average Bonchev–Trinajstić information content (AvgIpc) is 3.29. The van der Waals surface area contributed by atoms with Crippen molar-refractivity contribution in [2.24, 2.45) is 0 Å². The van der Waals surface area contributed by atoms with E-state index in [0.717, 1.165) is 43.2 Å². The van der Waals surface area contributed by atoms with Crippen LogP contribution in [0.4, 0.5) is 5.69 Å². The van der Waals surface area contributed by atoms with Crippen molar-refractivity contribution in [2.75, 3.05) is 25.0 Å². The van der Waals surface area contributed by atoms with Crippen LogP contribution in [0.1, 0.15) is 42.9 Å². The molecule has 8 heteroatoms. The highest BCUT2D eigenvalue weighted by Crippen LogP contribution is 2.35. The molecule has 1 heterocycles. The number of hydrogen-bond acceptors (Lipinski definition) is 5. The summed E-state index contributed by atoms with van der Waals surface area (Å²) in [5, 5.41) is 12.8. The van der Waals surface area contributed by atoms with E-state index in [0.29, 0.717) is 24.5 Å². The van der Waals surface area contributed by atoms with Crippen LogP contribution in [0.15, 0.2) is 47.4 Å². The number of nitrogens with one attached hydrogen (secondary N) is 1. The van der Waals surface area contributed by atoms with E-state index >= 15 is 0 Å². The molecule has 0 bridgehead atoms. The molecule has 30 heavy (non-hydrogen) atoms. The molecule has 0 radical (unpaired) electrons. The highest BCUT2D eigenvalue weighted by molar-refractivity contribution is 7.89. The van der Waals surface area contributed by atoms with E-state index in [9.17, 15) is 18.3 Å². The van der Waals surface area contributed by atoms with Gasteiger partial charge in [0, 0.05) is 18.8 Å². The van der Waals surface area contributed by atoms with E-state index in [-0.39, 0.29) is 17.4 Å². The first-order valence-corrected chi connectivity index (χ1v) is 11.7. The van der Waals surface area contributed by atoms with Crippen LogP contribution < -0.4 is 10.1 Å². The molecule has 2 N–H and O–H groups in total. The largest absolute Gasteiger partial charge is 0.483 e. The number of hydrogen-bond donors (Lipinski definition) is 2. The zero-order valence-electron chi connectivity index (χ0n) is 16.7. The molecule has 1 aliphatic heterocycles. The number of carbonyl (C=O) groups excluding carboxylic acids is 1. The fraction of sp³-hybridized carbons (Fsp3) is 0.409. The third kappa shape index (κ3) is 4.35. The lowest BCUT2D eigenvalue weighted by Gasteiger charge is -2.23.